The number of nitrogens with one attached hydrogen (secondary N) is 1. The molecule has 0 saturated carbocycles. The largest absolute Gasteiger partial charge is 0.348 e. The molecule has 4 rings (SSSR count). The predicted molar refractivity (Wildman–Crippen MR) is 122 cm³/mol. The minimum Gasteiger partial charge on any atom is -0.348 e. The number of Topliss-reactive ketones (excluding diaryl/α,β-unsaturated/α-hetero) is 2. The highest BCUT2D eigenvalue weighted by Crippen LogP contribution is 2.31. The minimum atomic E-state index is -4.34. The number of ketones is 2. The summed E-state index contributed by atoms with van der Waals surface area (Å²) in [7, 11) is -4.34. The molecule has 1 aliphatic heterocycles. The molecular weight excluding hydrogens is 459 g/mol. The van der Waals surface area contributed by atoms with E-state index in [1.54, 1.807) is 25.1 Å². The molecule has 34 heavy (non-hydrogen) atoms. The van der Waals surface area contributed by atoms with Crippen molar-refractivity contribution in [2.75, 3.05) is 6.54 Å². The lowest BCUT2D eigenvalue weighted by molar-refractivity contribution is -0.122. The van der Waals surface area contributed by atoms with Crippen LogP contribution in [0.2, 0.25) is 0 Å². The fourth-order valence-corrected chi connectivity index (χ4v) is 5.59. The van der Waals surface area contributed by atoms with Crippen LogP contribution in [0.15, 0.2) is 83.8 Å². The van der Waals surface area contributed by atoms with Crippen molar-refractivity contribution < 1.29 is 27.2 Å². The van der Waals surface area contributed by atoms with E-state index in [1.807, 2.05) is 0 Å². The number of hydrogen-bond acceptors (Lipinski definition) is 5. The average Bonchev–Trinajstić information content (AvgIpc) is 2.83. The zero-order valence-corrected chi connectivity index (χ0v) is 19.0. The van der Waals surface area contributed by atoms with Crippen LogP contribution in [0.5, 0.6) is 0 Å². The molecule has 3 aromatic rings. The van der Waals surface area contributed by atoms with Crippen molar-refractivity contribution in [3.8, 4) is 0 Å². The lowest BCUT2D eigenvalue weighted by Crippen LogP contribution is -2.56. The van der Waals surface area contributed by atoms with Crippen molar-refractivity contribution in [2.24, 2.45) is 0 Å². The highest BCUT2D eigenvalue weighted by Gasteiger charge is 2.48. The van der Waals surface area contributed by atoms with Gasteiger partial charge in [-0.25, -0.2) is 12.8 Å². The maximum absolute atomic E-state index is 13.4. The van der Waals surface area contributed by atoms with Gasteiger partial charge >= 0.3 is 0 Å². The Bertz CT molecular complexity index is 1360. The van der Waals surface area contributed by atoms with Crippen molar-refractivity contribution in [1.82, 2.24) is 9.62 Å². The Morgan fingerprint density at radius 1 is 0.971 bits per heavy atom. The van der Waals surface area contributed by atoms with Crippen molar-refractivity contribution in [1.29, 1.82) is 0 Å². The lowest BCUT2D eigenvalue weighted by Gasteiger charge is -2.33. The monoisotopic (exact) mass is 480 g/mol. The summed E-state index contributed by atoms with van der Waals surface area (Å²) >= 11 is 0. The Morgan fingerprint density at radius 3 is 2.26 bits per heavy atom. The molecule has 7 nitrogen and oxygen atoms in total. The highest BCUT2D eigenvalue weighted by atomic mass is 32.2. The van der Waals surface area contributed by atoms with Gasteiger partial charge in [0, 0.05) is 11.1 Å². The van der Waals surface area contributed by atoms with E-state index in [-0.39, 0.29) is 16.0 Å². The number of rotatable bonds is 6. The van der Waals surface area contributed by atoms with E-state index in [9.17, 15) is 27.2 Å². The quantitative estimate of drug-likeness (QED) is 0.432. The Labute approximate surface area is 196 Å². The number of amides is 1. The summed E-state index contributed by atoms with van der Waals surface area (Å²) in [6.07, 6.45) is 0. The molecule has 2 atom stereocenters. The van der Waals surface area contributed by atoms with E-state index in [1.165, 1.54) is 60.7 Å². The smallest absolute Gasteiger partial charge is 0.245 e. The van der Waals surface area contributed by atoms with E-state index in [0.29, 0.717) is 9.87 Å². The van der Waals surface area contributed by atoms with Crippen molar-refractivity contribution in [2.45, 2.75) is 23.9 Å². The van der Waals surface area contributed by atoms with Crippen molar-refractivity contribution in [3.05, 3.63) is 101 Å². The number of carbonyl (C=O) groups excluding carboxylic acids is 3. The van der Waals surface area contributed by atoms with Crippen LogP contribution in [0, 0.1) is 5.82 Å². The van der Waals surface area contributed by atoms with Crippen LogP contribution in [-0.2, 0) is 14.8 Å². The summed E-state index contributed by atoms with van der Waals surface area (Å²) in [5.74, 6) is -2.55. The van der Waals surface area contributed by atoms with Crippen LogP contribution in [0.25, 0.3) is 0 Å². The molecule has 0 fully saturated rings. The molecule has 3 aromatic carbocycles. The summed E-state index contributed by atoms with van der Waals surface area (Å²) in [6, 6.07) is 16.7. The maximum atomic E-state index is 13.4. The topological polar surface area (TPSA) is 101 Å². The lowest BCUT2D eigenvalue weighted by atomic mass is 9.96. The number of carbonyl (C=O) groups is 3. The van der Waals surface area contributed by atoms with Gasteiger partial charge in [0.05, 0.1) is 17.5 Å². The fourth-order valence-electron chi connectivity index (χ4n) is 3.89. The normalized spacial score (nSPS) is 18.1. The molecule has 0 saturated heterocycles. The third kappa shape index (κ3) is 4.40. The molecule has 0 spiro atoms. The third-order valence-corrected chi connectivity index (χ3v) is 7.50. The van der Waals surface area contributed by atoms with E-state index >= 15 is 0 Å². The van der Waals surface area contributed by atoms with Crippen molar-refractivity contribution >= 4 is 27.5 Å². The molecule has 1 N–H and O–H groups in total. The fraction of sp³-hybridized carbons (Fsp3) is 0.160. The third-order valence-electron chi connectivity index (χ3n) is 5.63. The second-order valence-corrected chi connectivity index (χ2v) is 9.74. The Hall–Kier alpha value is -3.69. The molecule has 9 heteroatoms. The maximum Gasteiger partial charge on any atom is 0.245 e. The molecule has 0 aliphatic carbocycles. The molecule has 0 bridgehead atoms. The van der Waals surface area contributed by atoms with Gasteiger partial charge in [-0.3, -0.25) is 14.4 Å². The van der Waals surface area contributed by atoms with Gasteiger partial charge < -0.3 is 5.32 Å². The molecule has 174 valence electrons. The summed E-state index contributed by atoms with van der Waals surface area (Å²) < 4.78 is 40.7. The zero-order valence-electron chi connectivity index (χ0n) is 18.1. The first kappa shape index (κ1) is 23.5. The molecule has 2 unspecified atom stereocenters. The van der Waals surface area contributed by atoms with Crippen LogP contribution in [0.4, 0.5) is 4.39 Å². The molecule has 1 heterocycles. The van der Waals surface area contributed by atoms with Crippen molar-refractivity contribution in [3.63, 3.8) is 0 Å². The summed E-state index contributed by atoms with van der Waals surface area (Å²) in [5.41, 5.74) is 0.670. The van der Waals surface area contributed by atoms with Gasteiger partial charge in [0.2, 0.25) is 15.9 Å². The number of fused-ring (bicyclic) bond motifs is 1. The minimum absolute atomic E-state index is 0.0897. The first-order chi connectivity index (χ1) is 16.2. The van der Waals surface area contributed by atoms with Gasteiger partial charge in [0.25, 0.3) is 0 Å². The van der Waals surface area contributed by atoms with E-state index in [2.05, 4.69) is 5.32 Å². The number of sulfonamides is 1. The Balaban J connectivity index is 1.68. The standard InChI is InChI=1S/C25H21FN2O5S/c1-16(17-11-13-19(26)14-12-17)27-22(29)15-28-23(24(30)18-7-3-2-4-8-18)25(31)20-9-5-6-10-21(20)34(28,32)33/h2-14,16,23H,15H2,1H3,(H,27,29). The number of hydrogen-bond donors (Lipinski definition) is 1. The molecule has 1 aliphatic rings. The van der Waals surface area contributed by atoms with Crippen LogP contribution < -0.4 is 5.32 Å². The first-order valence-electron chi connectivity index (χ1n) is 10.5. The van der Waals surface area contributed by atoms with Crippen LogP contribution in [0.3, 0.4) is 0 Å². The van der Waals surface area contributed by atoms with Gasteiger partial charge in [-0.1, -0.05) is 54.6 Å². The van der Waals surface area contributed by atoms with Crippen LogP contribution in [-0.4, -0.2) is 42.8 Å². The summed E-state index contributed by atoms with van der Waals surface area (Å²) in [6.45, 7) is 0.917. The van der Waals surface area contributed by atoms with Gasteiger partial charge in [0.15, 0.2) is 17.6 Å². The molecular formula is C25H21FN2O5S. The number of halogens is 1. The average molecular weight is 481 g/mol. The zero-order chi connectivity index (χ0) is 24.5. The molecule has 1 amide bonds. The molecule has 0 aromatic heterocycles. The first-order valence-corrected chi connectivity index (χ1v) is 11.9. The highest BCUT2D eigenvalue weighted by molar-refractivity contribution is 7.89. The SMILES string of the molecule is CC(NC(=O)CN1C(C(=O)c2ccccc2)C(=O)c2ccccc2S1(=O)=O)c1ccc(F)cc1. The van der Waals surface area contributed by atoms with Crippen LogP contribution in [0.1, 0.15) is 39.2 Å². The van der Waals surface area contributed by atoms with E-state index in [4.69, 9.17) is 0 Å². The van der Waals surface area contributed by atoms with E-state index < -0.39 is 51.9 Å². The Kier molecular flexibility index (Phi) is 6.41. The summed E-state index contributed by atoms with van der Waals surface area (Å²) in [4.78, 5) is 39.2. The van der Waals surface area contributed by atoms with Gasteiger partial charge in [-0.15, -0.1) is 0 Å². The second kappa shape index (κ2) is 9.28. The van der Waals surface area contributed by atoms with Crippen LogP contribution >= 0.6 is 0 Å². The number of nitrogens with zero attached hydrogens (tertiary/aromatic N) is 1. The number of benzene rings is 3. The summed E-state index contributed by atoms with van der Waals surface area (Å²) in [5, 5.41) is 2.65. The Morgan fingerprint density at radius 2 is 1.59 bits per heavy atom. The van der Waals surface area contributed by atoms with Gasteiger partial charge in [0.1, 0.15) is 5.82 Å². The predicted octanol–water partition coefficient (Wildman–Crippen LogP) is 3.14. The second-order valence-electron chi connectivity index (χ2n) is 7.88. The molecule has 0 radical (unpaired) electrons. The van der Waals surface area contributed by atoms with Gasteiger partial charge in [-0.2, -0.15) is 4.31 Å². The van der Waals surface area contributed by atoms with E-state index in [0.717, 1.165) is 0 Å². The van der Waals surface area contributed by atoms with Gasteiger partial charge in [-0.05, 0) is 36.8 Å².